The van der Waals surface area contributed by atoms with Crippen molar-refractivity contribution in [3.63, 3.8) is 0 Å². The maximum Gasteiger partial charge on any atom is 0.411 e. The molecule has 7 nitrogen and oxygen atoms in total. The molecular weight excluding hydrogens is 533 g/mol. The van der Waals surface area contributed by atoms with Gasteiger partial charge in [-0.15, -0.1) is 0 Å². The van der Waals surface area contributed by atoms with Gasteiger partial charge in [-0.2, -0.15) is 0 Å². The number of amides is 3. The number of rotatable bonds is 7. The van der Waals surface area contributed by atoms with Crippen LogP contribution in [0, 0.1) is 12.7 Å². The molecule has 4 aromatic rings. The molecule has 0 aromatic heterocycles. The Morgan fingerprint density at radius 3 is 2.33 bits per heavy atom. The van der Waals surface area contributed by atoms with Crippen LogP contribution in [-0.2, 0) is 16.1 Å². The maximum atomic E-state index is 13.8. The summed E-state index contributed by atoms with van der Waals surface area (Å²) < 4.78 is 19.5. The summed E-state index contributed by atoms with van der Waals surface area (Å²) in [5.41, 5.74) is 3.62. The highest BCUT2D eigenvalue weighted by Gasteiger charge is 2.47. The number of hydrogen-bond donors (Lipinski definition) is 2. The molecule has 0 radical (unpaired) electrons. The Morgan fingerprint density at radius 1 is 0.900 bits per heavy atom. The van der Waals surface area contributed by atoms with Gasteiger partial charge in [-0.25, -0.2) is 9.18 Å². The van der Waals surface area contributed by atoms with E-state index in [0.29, 0.717) is 21.8 Å². The summed E-state index contributed by atoms with van der Waals surface area (Å²) in [4.78, 5) is 40.5. The second-order valence-electron chi connectivity index (χ2n) is 9.45. The standard InChI is InChI=1S/C31H25ClFN3O4/c1-19-8-10-20(11-9-19)18-36-27(30(38)35-26-7-3-6-24(33)17-26)28(40-31(36)39)21-12-14-25(15-13-21)34-29(37)22-4-2-5-23(32)16-22/h2-17,27-28H,18H2,1H3,(H,34,37)(H,35,38)/t27-,28+/m1/s1. The highest BCUT2D eigenvalue weighted by Crippen LogP contribution is 2.35. The first-order valence-electron chi connectivity index (χ1n) is 12.5. The number of benzene rings is 4. The van der Waals surface area contributed by atoms with Crippen molar-refractivity contribution in [3.8, 4) is 0 Å². The SMILES string of the molecule is Cc1ccc(CN2C(=O)O[C@@H](c3ccc(NC(=O)c4cccc(Cl)c4)cc3)[C@@H]2C(=O)Nc2cccc(F)c2)cc1. The molecule has 40 heavy (non-hydrogen) atoms. The minimum atomic E-state index is -1.04. The van der Waals surface area contributed by atoms with Gasteiger partial charge in [0, 0.05) is 22.0 Å². The quantitative estimate of drug-likeness (QED) is 0.263. The van der Waals surface area contributed by atoms with Crippen molar-refractivity contribution in [2.75, 3.05) is 10.6 Å². The normalized spacial score (nSPS) is 16.4. The number of nitrogens with one attached hydrogen (secondary N) is 2. The van der Waals surface area contributed by atoms with Gasteiger partial charge in [0.25, 0.3) is 11.8 Å². The molecule has 0 bridgehead atoms. The molecule has 2 atom stereocenters. The van der Waals surface area contributed by atoms with Crippen LogP contribution in [0.5, 0.6) is 0 Å². The van der Waals surface area contributed by atoms with E-state index in [2.05, 4.69) is 10.6 Å². The van der Waals surface area contributed by atoms with Gasteiger partial charge < -0.3 is 15.4 Å². The van der Waals surface area contributed by atoms with Crippen LogP contribution < -0.4 is 10.6 Å². The molecule has 1 aliphatic heterocycles. The third kappa shape index (κ3) is 6.13. The Balaban J connectivity index is 1.39. The molecule has 1 saturated heterocycles. The minimum Gasteiger partial charge on any atom is -0.438 e. The Labute approximate surface area is 235 Å². The molecule has 2 N–H and O–H groups in total. The first kappa shape index (κ1) is 26.9. The summed E-state index contributed by atoms with van der Waals surface area (Å²) in [5.74, 6) is -1.36. The molecule has 1 heterocycles. The van der Waals surface area contributed by atoms with Gasteiger partial charge in [-0.3, -0.25) is 14.5 Å². The van der Waals surface area contributed by atoms with Crippen molar-refractivity contribution in [2.24, 2.45) is 0 Å². The third-order valence-corrected chi connectivity index (χ3v) is 6.74. The number of ether oxygens (including phenoxy) is 1. The average Bonchev–Trinajstić information content (AvgIpc) is 3.26. The van der Waals surface area contributed by atoms with E-state index in [4.69, 9.17) is 16.3 Å². The van der Waals surface area contributed by atoms with Gasteiger partial charge in [0.15, 0.2) is 12.1 Å². The van der Waals surface area contributed by atoms with Gasteiger partial charge in [0.1, 0.15) is 5.82 Å². The molecule has 1 aliphatic rings. The van der Waals surface area contributed by atoms with Gasteiger partial charge in [-0.05, 0) is 66.6 Å². The first-order valence-corrected chi connectivity index (χ1v) is 12.9. The average molecular weight is 558 g/mol. The zero-order valence-corrected chi connectivity index (χ0v) is 22.2. The van der Waals surface area contributed by atoms with Gasteiger partial charge in [0.05, 0.1) is 6.54 Å². The number of hydrogen-bond acceptors (Lipinski definition) is 4. The Kier molecular flexibility index (Phi) is 7.79. The molecule has 5 rings (SSSR count). The van der Waals surface area contributed by atoms with Crippen LogP contribution in [0.3, 0.4) is 0 Å². The van der Waals surface area contributed by atoms with Gasteiger partial charge >= 0.3 is 6.09 Å². The van der Waals surface area contributed by atoms with Crippen molar-refractivity contribution in [1.29, 1.82) is 0 Å². The largest absolute Gasteiger partial charge is 0.438 e. The van der Waals surface area contributed by atoms with Crippen LogP contribution in [0.1, 0.15) is 33.2 Å². The fourth-order valence-electron chi connectivity index (χ4n) is 4.47. The van der Waals surface area contributed by atoms with Crippen LogP contribution in [0.2, 0.25) is 5.02 Å². The van der Waals surface area contributed by atoms with E-state index in [-0.39, 0.29) is 18.1 Å². The molecule has 0 spiro atoms. The summed E-state index contributed by atoms with van der Waals surface area (Å²) >= 11 is 5.99. The zero-order valence-electron chi connectivity index (χ0n) is 21.4. The number of nitrogens with zero attached hydrogens (tertiary/aromatic N) is 1. The smallest absolute Gasteiger partial charge is 0.411 e. The van der Waals surface area contributed by atoms with Crippen LogP contribution in [-0.4, -0.2) is 28.8 Å². The van der Waals surface area contributed by atoms with Crippen molar-refractivity contribution >= 4 is 40.9 Å². The lowest BCUT2D eigenvalue weighted by atomic mass is 10.00. The molecule has 4 aromatic carbocycles. The lowest BCUT2D eigenvalue weighted by Crippen LogP contribution is -2.43. The molecule has 202 valence electrons. The second-order valence-corrected chi connectivity index (χ2v) is 9.89. The predicted octanol–water partition coefficient (Wildman–Crippen LogP) is 6.74. The van der Waals surface area contributed by atoms with Crippen molar-refractivity contribution < 1.29 is 23.5 Å². The fraction of sp³-hybridized carbons (Fsp3) is 0.129. The lowest BCUT2D eigenvalue weighted by Gasteiger charge is -2.24. The molecule has 0 unspecified atom stereocenters. The van der Waals surface area contributed by atoms with Crippen LogP contribution >= 0.6 is 11.6 Å². The van der Waals surface area contributed by atoms with E-state index in [1.165, 1.54) is 23.1 Å². The lowest BCUT2D eigenvalue weighted by molar-refractivity contribution is -0.121. The number of carbonyl (C=O) groups excluding carboxylic acids is 3. The molecule has 1 fully saturated rings. The van der Waals surface area contributed by atoms with Crippen LogP contribution in [0.25, 0.3) is 0 Å². The summed E-state index contributed by atoms with van der Waals surface area (Å²) in [6.07, 6.45) is -1.59. The molecule has 9 heteroatoms. The van der Waals surface area contributed by atoms with Crippen molar-refractivity contribution in [3.05, 3.63) is 130 Å². The minimum absolute atomic E-state index is 0.143. The van der Waals surface area contributed by atoms with Crippen molar-refractivity contribution in [1.82, 2.24) is 4.90 Å². The van der Waals surface area contributed by atoms with E-state index < -0.39 is 30.0 Å². The third-order valence-electron chi connectivity index (χ3n) is 6.50. The number of carbonyl (C=O) groups is 3. The van der Waals surface area contributed by atoms with E-state index in [9.17, 15) is 18.8 Å². The van der Waals surface area contributed by atoms with E-state index in [1.54, 1.807) is 54.6 Å². The van der Waals surface area contributed by atoms with Crippen LogP contribution in [0.15, 0.2) is 97.1 Å². The number of aryl methyl sites for hydroxylation is 1. The first-order chi connectivity index (χ1) is 19.3. The van der Waals surface area contributed by atoms with Crippen molar-refractivity contribution in [2.45, 2.75) is 25.6 Å². The molecule has 0 aliphatic carbocycles. The highest BCUT2D eigenvalue weighted by molar-refractivity contribution is 6.31. The monoisotopic (exact) mass is 557 g/mol. The van der Waals surface area contributed by atoms with Crippen LogP contribution in [0.4, 0.5) is 20.6 Å². The molecule has 0 saturated carbocycles. The highest BCUT2D eigenvalue weighted by atomic mass is 35.5. The van der Waals surface area contributed by atoms with E-state index in [1.807, 2.05) is 31.2 Å². The second kappa shape index (κ2) is 11.6. The number of anilines is 2. The Morgan fingerprint density at radius 2 is 1.62 bits per heavy atom. The predicted molar refractivity (Wildman–Crippen MR) is 151 cm³/mol. The Bertz CT molecular complexity index is 1560. The number of cyclic esters (lactones) is 1. The van der Waals surface area contributed by atoms with E-state index >= 15 is 0 Å². The Hall–Kier alpha value is -4.69. The van der Waals surface area contributed by atoms with E-state index in [0.717, 1.165) is 11.1 Å². The summed E-state index contributed by atoms with van der Waals surface area (Å²) in [6.45, 7) is 2.10. The summed E-state index contributed by atoms with van der Waals surface area (Å²) in [7, 11) is 0. The fourth-order valence-corrected chi connectivity index (χ4v) is 4.66. The molecular formula is C31H25ClFN3O4. The maximum absolute atomic E-state index is 13.8. The molecule has 3 amide bonds. The number of halogens is 2. The van der Waals surface area contributed by atoms with Gasteiger partial charge in [0.2, 0.25) is 0 Å². The summed E-state index contributed by atoms with van der Waals surface area (Å²) in [5, 5.41) is 5.96. The van der Waals surface area contributed by atoms with Gasteiger partial charge in [-0.1, -0.05) is 65.7 Å². The topological polar surface area (TPSA) is 87.7 Å². The summed E-state index contributed by atoms with van der Waals surface area (Å²) in [6, 6.07) is 25.4. The zero-order chi connectivity index (χ0) is 28.2.